The average Bonchev–Trinajstić information content (AvgIpc) is 2.75. The number of ether oxygens (including phenoxy) is 4. The predicted octanol–water partition coefficient (Wildman–Crippen LogP) is 1.36. The molecule has 0 aromatic heterocycles. The second kappa shape index (κ2) is 5.48. The Balaban J connectivity index is 1.92. The lowest BCUT2D eigenvalue weighted by Gasteiger charge is -2.20. The number of carbonyl (C=O) groups is 1. The third-order valence-corrected chi connectivity index (χ3v) is 3.22. The van der Waals surface area contributed by atoms with Crippen LogP contribution in [-0.2, 0) is 23.7 Å². The highest BCUT2D eigenvalue weighted by atomic mass is 79.9. The van der Waals surface area contributed by atoms with Crippen LogP contribution in [0.2, 0.25) is 0 Å². The summed E-state index contributed by atoms with van der Waals surface area (Å²) < 4.78 is 22.4. The van der Waals surface area contributed by atoms with E-state index in [0.717, 1.165) is 4.48 Å². The Kier molecular flexibility index (Phi) is 4.19. The van der Waals surface area contributed by atoms with Gasteiger partial charge in [0.1, 0.15) is 12.2 Å². The first-order valence-electron chi connectivity index (χ1n) is 5.44. The molecule has 2 aliphatic heterocycles. The van der Waals surface area contributed by atoms with Gasteiger partial charge >= 0.3 is 5.97 Å². The lowest BCUT2D eigenvalue weighted by Crippen LogP contribution is -2.36. The van der Waals surface area contributed by atoms with Gasteiger partial charge in [-0.1, -0.05) is 22.5 Å². The molecule has 4 atom stereocenters. The Hall–Kier alpha value is -0.430. The first kappa shape index (κ1) is 13.0. The van der Waals surface area contributed by atoms with Crippen molar-refractivity contribution in [1.29, 1.82) is 0 Å². The van der Waals surface area contributed by atoms with Gasteiger partial charge in [0.2, 0.25) is 0 Å². The molecule has 0 spiro atoms. The van der Waals surface area contributed by atoms with E-state index >= 15 is 0 Å². The van der Waals surface area contributed by atoms with Crippen LogP contribution in [0.25, 0.3) is 0 Å². The molecule has 2 heterocycles. The van der Waals surface area contributed by atoms with Crippen molar-refractivity contribution >= 4 is 21.9 Å². The summed E-state index contributed by atoms with van der Waals surface area (Å²) in [5.41, 5.74) is 0. The Morgan fingerprint density at radius 3 is 3.06 bits per heavy atom. The van der Waals surface area contributed by atoms with E-state index in [-0.39, 0.29) is 30.7 Å². The van der Waals surface area contributed by atoms with Crippen LogP contribution in [0.15, 0.2) is 11.1 Å². The molecule has 96 valence electrons. The van der Waals surface area contributed by atoms with Gasteiger partial charge in [-0.05, 0) is 4.48 Å². The number of esters is 1. The molecule has 2 fully saturated rings. The zero-order valence-corrected chi connectivity index (χ0v) is 11.1. The average molecular weight is 307 g/mol. The van der Waals surface area contributed by atoms with Gasteiger partial charge in [-0.3, -0.25) is 4.79 Å². The summed E-state index contributed by atoms with van der Waals surface area (Å²) in [5.74, 6) is -0.243. The van der Waals surface area contributed by atoms with E-state index < -0.39 is 6.29 Å². The Bertz CT molecular complexity index is 319. The summed E-state index contributed by atoms with van der Waals surface area (Å²) in [4.78, 5) is 11.2. The van der Waals surface area contributed by atoms with Crippen molar-refractivity contribution in [3.05, 3.63) is 11.1 Å². The van der Waals surface area contributed by atoms with Crippen LogP contribution in [-0.4, -0.2) is 44.3 Å². The number of halogens is 1. The van der Waals surface area contributed by atoms with E-state index in [4.69, 9.17) is 18.9 Å². The number of fused-ring (bicyclic) bond motifs is 1. The van der Waals surface area contributed by atoms with Gasteiger partial charge < -0.3 is 18.9 Å². The van der Waals surface area contributed by atoms with Crippen molar-refractivity contribution in [2.24, 2.45) is 0 Å². The maximum absolute atomic E-state index is 11.2. The minimum Gasteiger partial charge on any atom is -0.456 e. The standard InChI is InChI=1S/C11H15BrO5/c1-6(12)3-4-15-10-9-7(5-8(13)17-9)16-11(10)14-2/h7,9-11H,1,3-5H2,2H3/t7-,9+,10-,11-/m1/s1. The van der Waals surface area contributed by atoms with E-state index in [9.17, 15) is 4.79 Å². The quantitative estimate of drug-likeness (QED) is 0.718. The molecule has 0 unspecified atom stereocenters. The molecule has 2 rings (SSSR count). The SMILES string of the molecule is C=C(Br)CCO[C@H]1[C@H](OC)O[C@@H]2CC(=O)O[C@H]12. The Morgan fingerprint density at radius 2 is 2.41 bits per heavy atom. The van der Waals surface area contributed by atoms with Gasteiger partial charge in [0, 0.05) is 13.5 Å². The van der Waals surface area contributed by atoms with Crippen molar-refractivity contribution in [3.8, 4) is 0 Å². The molecule has 2 aliphatic rings. The van der Waals surface area contributed by atoms with Crippen LogP contribution in [0.1, 0.15) is 12.8 Å². The monoisotopic (exact) mass is 306 g/mol. The summed E-state index contributed by atoms with van der Waals surface area (Å²) in [6.45, 7) is 4.21. The fraction of sp³-hybridized carbons (Fsp3) is 0.727. The van der Waals surface area contributed by atoms with Crippen molar-refractivity contribution in [1.82, 2.24) is 0 Å². The van der Waals surface area contributed by atoms with E-state index in [1.54, 1.807) is 7.11 Å². The number of hydrogen-bond acceptors (Lipinski definition) is 5. The van der Waals surface area contributed by atoms with Gasteiger partial charge in [-0.25, -0.2) is 0 Å². The minimum atomic E-state index is -0.471. The predicted molar refractivity (Wildman–Crippen MR) is 62.6 cm³/mol. The third kappa shape index (κ3) is 2.88. The highest BCUT2D eigenvalue weighted by molar-refractivity contribution is 9.11. The van der Waals surface area contributed by atoms with Crippen molar-refractivity contribution in [3.63, 3.8) is 0 Å². The second-order valence-electron chi connectivity index (χ2n) is 4.04. The molecule has 5 nitrogen and oxygen atoms in total. The van der Waals surface area contributed by atoms with E-state index in [1.807, 2.05) is 0 Å². The van der Waals surface area contributed by atoms with Crippen LogP contribution in [0, 0.1) is 0 Å². The Morgan fingerprint density at radius 1 is 1.65 bits per heavy atom. The molecular formula is C11H15BrO5. The van der Waals surface area contributed by atoms with Crippen LogP contribution < -0.4 is 0 Å². The minimum absolute atomic E-state index is 0.243. The fourth-order valence-corrected chi connectivity index (χ4v) is 2.20. The van der Waals surface area contributed by atoms with Crippen LogP contribution in [0.5, 0.6) is 0 Å². The summed E-state index contributed by atoms with van der Waals surface area (Å²) >= 11 is 3.26. The summed E-state index contributed by atoms with van der Waals surface area (Å²) in [5, 5.41) is 0. The lowest BCUT2D eigenvalue weighted by molar-refractivity contribution is -0.175. The molecule has 2 saturated heterocycles. The molecule has 0 saturated carbocycles. The molecule has 0 N–H and O–H groups in total. The number of carbonyl (C=O) groups excluding carboxylic acids is 1. The largest absolute Gasteiger partial charge is 0.456 e. The molecular weight excluding hydrogens is 292 g/mol. The molecule has 0 aliphatic carbocycles. The maximum atomic E-state index is 11.2. The van der Waals surface area contributed by atoms with Crippen molar-refractivity contribution in [2.45, 2.75) is 37.4 Å². The van der Waals surface area contributed by atoms with Gasteiger partial charge in [-0.2, -0.15) is 0 Å². The van der Waals surface area contributed by atoms with E-state index in [2.05, 4.69) is 22.5 Å². The van der Waals surface area contributed by atoms with Gasteiger partial charge in [0.25, 0.3) is 0 Å². The highest BCUT2D eigenvalue weighted by Crippen LogP contribution is 2.33. The molecule has 0 amide bonds. The highest BCUT2D eigenvalue weighted by Gasteiger charge is 2.52. The molecule has 17 heavy (non-hydrogen) atoms. The summed E-state index contributed by atoms with van der Waals surface area (Å²) in [6, 6.07) is 0. The number of hydrogen-bond donors (Lipinski definition) is 0. The zero-order chi connectivity index (χ0) is 12.4. The van der Waals surface area contributed by atoms with E-state index in [1.165, 1.54) is 0 Å². The lowest BCUT2D eigenvalue weighted by atomic mass is 10.1. The third-order valence-electron chi connectivity index (χ3n) is 2.82. The summed E-state index contributed by atoms with van der Waals surface area (Å²) in [7, 11) is 1.55. The Labute approximate surface area is 108 Å². The van der Waals surface area contributed by atoms with Gasteiger partial charge in [0.05, 0.1) is 13.0 Å². The molecule has 0 bridgehead atoms. The molecule has 0 radical (unpaired) electrons. The maximum Gasteiger partial charge on any atom is 0.309 e. The first-order chi connectivity index (χ1) is 8.11. The van der Waals surface area contributed by atoms with Crippen LogP contribution in [0.4, 0.5) is 0 Å². The molecule has 0 aromatic rings. The van der Waals surface area contributed by atoms with Crippen molar-refractivity contribution < 1.29 is 23.7 Å². The normalized spacial score (nSPS) is 35.8. The molecule has 6 heteroatoms. The van der Waals surface area contributed by atoms with Crippen molar-refractivity contribution in [2.75, 3.05) is 13.7 Å². The fourth-order valence-electron chi connectivity index (χ4n) is 2.03. The number of methoxy groups -OCH3 is 1. The topological polar surface area (TPSA) is 54.0 Å². The van der Waals surface area contributed by atoms with Gasteiger partial charge in [-0.15, -0.1) is 0 Å². The number of rotatable bonds is 5. The zero-order valence-electron chi connectivity index (χ0n) is 9.56. The second-order valence-corrected chi connectivity index (χ2v) is 5.16. The van der Waals surface area contributed by atoms with Crippen LogP contribution in [0.3, 0.4) is 0 Å². The molecule has 0 aromatic carbocycles. The first-order valence-corrected chi connectivity index (χ1v) is 6.23. The summed E-state index contributed by atoms with van der Waals surface area (Å²) in [6.07, 6.45) is -0.459. The van der Waals surface area contributed by atoms with Gasteiger partial charge in [0.15, 0.2) is 12.4 Å². The smallest absolute Gasteiger partial charge is 0.309 e. The van der Waals surface area contributed by atoms with Crippen LogP contribution >= 0.6 is 15.9 Å². The van der Waals surface area contributed by atoms with E-state index in [0.29, 0.717) is 13.0 Å².